The van der Waals surface area contributed by atoms with Crippen LogP contribution >= 0.6 is 0 Å². The molecule has 2 spiro atoms. The highest BCUT2D eigenvalue weighted by molar-refractivity contribution is 7.80. The van der Waals surface area contributed by atoms with E-state index < -0.39 is 83.7 Å². The Kier molecular flexibility index (Phi) is 13.3. The molecule has 4 aliphatic carbocycles. The molecule has 4 aliphatic heterocycles. The summed E-state index contributed by atoms with van der Waals surface area (Å²) in [6.45, 7) is 16.8. The molecule has 0 aromatic rings. The van der Waals surface area contributed by atoms with Crippen molar-refractivity contribution in [3.8, 4) is 0 Å². The van der Waals surface area contributed by atoms with Gasteiger partial charge in [-0.2, -0.15) is 8.42 Å². The maximum Gasteiger partial charge on any atom is 0.397 e. The monoisotopic (exact) mass is 916 g/mol. The van der Waals surface area contributed by atoms with E-state index in [2.05, 4.69) is 47.6 Å². The molecular weight excluding hydrogens is 841 g/mol. The molecule has 17 heteroatoms. The zero-order valence-corrected chi connectivity index (χ0v) is 40.4. The summed E-state index contributed by atoms with van der Waals surface area (Å²) in [5.41, 5.74) is 0.0574. The number of ether oxygens (including phenoxy) is 11. The summed E-state index contributed by atoms with van der Waals surface area (Å²) >= 11 is 0. The highest BCUT2D eigenvalue weighted by atomic mass is 32.3. The molecule has 0 aromatic heterocycles. The Hall–Kier alpha value is -0.870. The largest absolute Gasteiger partial charge is 0.397 e. The van der Waals surface area contributed by atoms with Crippen molar-refractivity contribution >= 4 is 10.4 Å². The normalized spacial score (nSPS) is 51.4. The fourth-order valence-corrected chi connectivity index (χ4v) is 15.9. The van der Waals surface area contributed by atoms with Gasteiger partial charge in [-0.05, 0) is 93.3 Å². The van der Waals surface area contributed by atoms with Crippen LogP contribution in [0.3, 0.4) is 0 Å². The second-order valence-corrected chi connectivity index (χ2v) is 22.8. The summed E-state index contributed by atoms with van der Waals surface area (Å²) in [6, 6.07) is 0. The summed E-state index contributed by atoms with van der Waals surface area (Å²) in [4.78, 5) is 0. The zero-order chi connectivity index (χ0) is 45.7. The fourth-order valence-electron chi connectivity index (χ4n) is 15.6. The Morgan fingerprint density at radius 3 is 2.08 bits per heavy atom. The van der Waals surface area contributed by atoms with Gasteiger partial charge in [-0.25, -0.2) is 4.18 Å². The smallest absolute Gasteiger partial charge is 0.389 e. The maximum absolute atomic E-state index is 12.4. The van der Waals surface area contributed by atoms with Crippen molar-refractivity contribution in [1.29, 1.82) is 0 Å². The van der Waals surface area contributed by atoms with Gasteiger partial charge in [0, 0.05) is 59.2 Å². The van der Waals surface area contributed by atoms with Gasteiger partial charge in [0.15, 0.2) is 18.4 Å². The number of hydrogen-bond acceptors (Lipinski definition) is 15. The lowest BCUT2D eigenvalue weighted by Crippen LogP contribution is -2.68. The van der Waals surface area contributed by atoms with E-state index in [0.29, 0.717) is 31.0 Å². The molecule has 4 heterocycles. The van der Waals surface area contributed by atoms with Crippen molar-refractivity contribution in [3.05, 3.63) is 11.6 Å². The van der Waals surface area contributed by atoms with Gasteiger partial charge >= 0.3 is 10.4 Å². The summed E-state index contributed by atoms with van der Waals surface area (Å²) in [5.74, 6) is 0.316. The molecule has 0 radical (unpaired) electrons. The number of rotatable bonds is 13. The van der Waals surface area contributed by atoms with E-state index in [9.17, 15) is 18.1 Å². The number of aliphatic hydroxyl groups is 1. The predicted molar refractivity (Wildman–Crippen MR) is 227 cm³/mol. The van der Waals surface area contributed by atoms with Crippen LogP contribution in [0.25, 0.3) is 0 Å². The van der Waals surface area contributed by atoms with Crippen LogP contribution in [0.5, 0.6) is 0 Å². The van der Waals surface area contributed by atoms with E-state index >= 15 is 0 Å². The maximum atomic E-state index is 12.4. The first kappa shape index (κ1) is 48.6. The Bertz CT molecular complexity index is 1790. The lowest BCUT2D eigenvalue weighted by molar-refractivity contribution is -0.364. The minimum absolute atomic E-state index is 0.0222. The molecule has 0 amide bonds. The summed E-state index contributed by atoms with van der Waals surface area (Å²) in [5, 5.41) is 12.4. The molecular formula is C46H76O16S. The van der Waals surface area contributed by atoms with Gasteiger partial charge in [-0.3, -0.25) is 4.55 Å². The third kappa shape index (κ3) is 7.65. The van der Waals surface area contributed by atoms with Crippen LogP contribution in [0.15, 0.2) is 11.6 Å². The molecule has 8 rings (SSSR count). The van der Waals surface area contributed by atoms with Crippen molar-refractivity contribution in [2.45, 2.75) is 166 Å². The van der Waals surface area contributed by atoms with Gasteiger partial charge in [0.2, 0.25) is 0 Å². The van der Waals surface area contributed by atoms with Crippen LogP contribution in [0.2, 0.25) is 0 Å². The van der Waals surface area contributed by atoms with Crippen molar-refractivity contribution in [3.63, 3.8) is 0 Å². The van der Waals surface area contributed by atoms with E-state index in [4.69, 9.17) is 56.3 Å². The van der Waals surface area contributed by atoms with Crippen LogP contribution in [0.4, 0.5) is 0 Å². The lowest BCUT2D eigenvalue weighted by atomic mass is 9.35. The molecule has 0 aromatic carbocycles. The van der Waals surface area contributed by atoms with Crippen molar-refractivity contribution in [2.75, 3.05) is 62.0 Å². The summed E-state index contributed by atoms with van der Waals surface area (Å²) in [6.07, 6.45) is 1.53. The molecule has 63 heavy (non-hydrogen) atoms. The molecule has 16 nitrogen and oxygen atoms in total. The zero-order valence-electron chi connectivity index (χ0n) is 39.5. The van der Waals surface area contributed by atoms with Gasteiger partial charge in [-0.1, -0.05) is 39.3 Å². The summed E-state index contributed by atoms with van der Waals surface area (Å²) in [7, 11) is 2.78. The van der Waals surface area contributed by atoms with Gasteiger partial charge in [0.25, 0.3) is 0 Å². The van der Waals surface area contributed by atoms with Crippen LogP contribution in [0, 0.1) is 51.2 Å². The van der Waals surface area contributed by atoms with E-state index in [1.54, 1.807) is 14.2 Å². The molecule has 2 N–H and O–H groups in total. The molecule has 20 atom stereocenters. The lowest BCUT2D eigenvalue weighted by Gasteiger charge is -2.70. The Balaban J connectivity index is 1.00. The minimum atomic E-state index is -4.78. The fraction of sp³-hybridized carbons (Fsp3) is 0.957. The van der Waals surface area contributed by atoms with Crippen molar-refractivity contribution in [1.82, 2.24) is 0 Å². The average Bonchev–Trinajstić information content (AvgIpc) is 3.75. The number of methoxy groups -OCH3 is 5. The van der Waals surface area contributed by atoms with Crippen LogP contribution < -0.4 is 0 Å². The van der Waals surface area contributed by atoms with E-state index in [1.807, 2.05) is 6.92 Å². The Morgan fingerprint density at radius 2 is 1.44 bits per heavy atom. The number of hydrogen-bond donors (Lipinski definition) is 2. The number of fused-ring (bicyclic) bond motifs is 4. The second-order valence-electron chi connectivity index (χ2n) is 21.7. The van der Waals surface area contributed by atoms with Crippen molar-refractivity contribution in [2.24, 2.45) is 51.2 Å². The predicted octanol–water partition coefficient (Wildman–Crippen LogP) is 5.10. The van der Waals surface area contributed by atoms with Crippen molar-refractivity contribution < 1.29 is 74.4 Å². The van der Waals surface area contributed by atoms with E-state index in [1.165, 1.54) is 26.9 Å². The molecule has 1 unspecified atom stereocenters. The molecule has 8 aliphatic rings. The molecule has 4 saturated carbocycles. The topological polar surface area (TPSA) is 185 Å². The first-order valence-corrected chi connectivity index (χ1v) is 24.5. The van der Waals surface area contributed by atoms with Gasteiger partial charge < -0.3 is 57.2 Å². The summed E-state index contributed by atoms with van der Waals surface area (Å²) < 4.78 is 107. The first-order chi connectivity index (χ1) is 29.6. The van der Waals surface area contributed by atoms with Gasteiger partial charge in [0.1, 0.15) is 42.7 Å². The van der Waals surface area contributed by atoms with E-state index in [0.717, 1.165) is 44.9 Å². The Labute approximate surface area is 374 Å². The Morgan fingerprint density at radius 1 is 0.762 bits per heavy atom. The molecule has 362 valence electrons. The molecule has 8 fully saturated rings. The number of allylic oxidation sites excluding steroid dienone is 1. The first-order valence-electron chi connectivity index (χ1n) is 23.1. The van der Waals surface area contributed by atoms with Crippen LogP contribution in [-0.4, -0.2) is 153 Å². The second kappa shape index (κ2) is 17.3. The average molecular weight is 917 g/mol. The highest BCUT2D eigenvalue weighted by Gasteiger charge is 2.81. The van der Waals surface area contributed by atoms with Crippen LogP contribution in [-0.2, 0) is 66.7 Å². The highest BCUT2D eigenvalue weighted by Crippen LogP contribution is 2.80. The molecule has 2 bridgehead atoms. The van der Waals surface area contributed by atoms with E-state index in [-0.39, 0.29) is 46.2 Å². The standard InChI is InChI=1S/C46H76O16S/c1-25(2)19-26-20-57-46-23-45(24-58-46)27(38(46)44(26,7)47)13-14-31-42(5)17-16-32(41(3,4)30(42)15-18-43(31,45)6)61-39-36(54-11)34(28(51-8)21-56-39)62-40-37(55-12)35(53-10)33(52-9)29(60-40)22-59-63(48,49)50/h19,26-40,47H,13-18,20-24H2,1-12H3,(H,48,49,50)/t26-,27-,28+,29-,30?,31-,32+,33-,34+,35+,36-,37-,38-,39+,40+,42+,43-,44+,45+,46-/m1/s1. The SMILES string of the molecule is CO[C@@H]1[C@@H](OC)[C@H](O[C@@H]2[C@@H](OC)[C@H](O[C@H]3CC[C@@]4(C)C(CC[C@]5(C)[C@@H]4CC[C@@H]4[C@H]6[C@]7(C[C@]45CO7)OC[C@@H](C=C(C)C)[C@]6(C)O)C3(C)C)OC[C@@H]2OC)O[C@H](COS(=O)(=O)O)[C@H]1OC. The van der Waals surface area contributed by atoms with Crippen LogP contribution in [0.1, 0.15) is 93.4 Å². The third-order valence-electron chi connectivity index (χ3n) is 18.4. The third-order valence-corrected chi connectivity index (χ3v) is 18.8. The minimum Gasteiger partial charge on any atom is -0.389 e. The van der Waals surface area contributed by atoms with Gasteiger partial charge in [-0.15, -0.1) is 0 Å². The molecule has 4 saturated heterocycles. The van der Waals surface area contributed by atoms with Gasteiger partial charge in [0.05, 0.1) is 38.1 Å². The quantitative estimate of drug-likeness (QED) is 0.141.